The molecule has 0 amide bonds. The molecule has 0 spiro atoms. The summed E-state index contributed by atoms with van der Waals surface area (Å²) in [6.45, 7) is 4.70. The molecular weight excluding hydrogens is 212 g/mol. The van der Waals surface area contributed by atoms with Crippen LogP contribution < -0.4 is 0 Å². The fraction of sp³-hybridized carbons (Fsp3) is 1.00. The molecule has 1 aliphatic rings. The predicted molar refractivity (Wildman–Crippen MR) is 58.8 cm³/mol. The fourth-order valence-corrected chi connectivity index (χ4v) is 3.91. The molecule has 0 aromatic rings. The van der Waals surface area contributed by atoms with Crippen LogP contribution in [0.2, 0.25) is 0 Å². The summed E-state index contributed by atoms with van der Waals surface area (Å²) in [5.41, 5.74) is 0.622. The third-order valence-electron chi connectivity index (χ3n) is 3.90. The van der Waals surface area contributed by atoms with Gasteiger partial charge in [-0.3, -0.25) is 0 Å². The first-order valence-electron chi connectivity index (χ1n) is 5.35. The summed E-state index contributed by atoms with van der Waals surface area (Å²) in [6.07, 6.45) is 8.60. The van der Waals surface area contributed by atoms with E-state index in [9.17, 15) is 0 Å². The van der Waals surface area contributed by atoms with E-state index >= 15 is 0 Å². The third kappa shape index (κ3) is 1.86. The monoisotopic (exact) mass is 232 g/mol. The Morgan fingerprint density at radius 2 is 1.67 bits per heavy atom. The molecule has 1 heteroatoms. The zero-order chi connectivity index (χ0) is 9.03. The van der Waals surface area contributed by atoms with E-state index in [1.165, 1.54) is 43.9 Å². The average Bonchev–Trinajstić information content (AvgIpc) is 2.62. The van der Waals surface area contributed by atoms with Crippen molar-refractivity contribution in [1.29, 1.82) is 0 Å². The minimum absolute atomic E-state index is 0.622. The Labute approximate surface area is 85.3 Å². The molecule has 0 N–H and O–H groups in total. The molecule has 0 atom stereocenters. The van der Waals surface area contributed by atoms with Crippen molar-refractivity contribution in [2.24, 2.45) is 11.3 Å². The lowest BCUT2D eigenvalue weighted by atomic mass is 9.72. The van der Waals surface area contributed by atoms with Crippen molar-refractivity contribution in [3.05, 3.63) is 0 Å². The smallest absolute Gasteiger partial charge is 0.00904 e. The molecule has 0 unspecified atom stereocenters. The molecule has 0 bridgehead atoms. The minimum Gasteiger partial charge on any atom is -0.0922 e. The SMILES string of the molecule is CCC(CC)(CBr)C1CCCC1. The van der Waals surface area contributed by atoms with Crippen LogP contribution >= 0.6 is 15.9 Å². The van der Waals surface area contributed by atoms with Crippen molar-refractivity contribution >= 4 is 15.9 Å². The highest BCUT2D eigenvalue weighted by atomic mass is 79.9. The van der Waals surface area contributed by atoms with Crippen molar-refractivity contribution in [2.75, 3.05) is 5.33 Å². The van der Waals surface area contributed by atoms with Crippen LogP contribution in [-0.4, -0.2) is 5.33 Å². The average molecular weight is 233 g/mol. The van der Waals surface area contributed by atoms with Gasteiger partial charge in [0, 0.05) is 5.33 Å². The summed E-state index contributed by atoms with van der Waals surface area (Å²) in [7, 11) is 0. The second-order valence-electron chi connectivity index (χ2n) is 4.18. The molecule has 0 saturated heterocycles. The maximum Gasteiger partial charge on any atom is 0.00904 e. The zero-order valence-electron chi connectivity index (χ0n) is 8.41. The van der Waals surface area contributed by atoms with Gasteiger partial charge in [-0.15, -0.1) is 0 Å². The lowest BCUT2D eigenvalue weighted by Gasteiger charge is -2.36. The maximum atomic E-state index is 3.70. The fourth-order valence-electron chi connectivity index (χ4n) is 2.66. The molecule has 1 saturated carbocycles. The van der Waals surface area contributed by atoms with Gasteiger partial charge < -0.3 is 0 Å². The van der Waals surface area contributed by atoms with Crippen LogP contribution in [0.1, 0.15) is 52.4 Å². The molecule has 0 heterocycles. The zero-order valence-corrected chi connectivity index (χ0v) is 9.99. The van der Waals surface area contributed by atoms with Crippen LogP contribution in [-0.2, 0) is 0 Å². The van der Waals surface area contributed by atoms with Gasteiger partial charge in [0.2, 0.25) is 0 Å². The summed E-state index contributed by atoms with van der Waals surface area (Å²) in [6, 6.07) is 0. The van der Waals surface area contributed by atoms with Crippen molar-refractivity contribution in [3.63, 3.8) is 0 Å². The van der Waals surface area contributed by atoms with Crippen LogP contribution in [0.5, 0.6) is 0 Å². The van der Waals surface area contributed by atoms with E-state index in [2.05, 4.69) is 29.8 Å². The van der Waals surface area contributed by atoms with Crippen LogP contribution in [0, 0.1) is 11.3 Å². The lowest BCUT2D eigenvalue weighted by Crippen LogP contribution is -2.29. The first kappa shape index (κ1) is 10.6. The van der Waals surface area contributed by atoms with Crippen LogP contribution in [0.15, 0.2) is 0 Å². The molecular formula is C11H21Br. The maximum absolute atomic E-state index is 3.70. The molecule has 0 radical (unpaired) electrons. The Morgan fingerprint density at radius 3 is 2.00 bits per heavy atom. The second-order valence-corrected chi connectivity index (χ2v) is 4.75. The van der Waals surface area contributed by atoms with Gasteiger partial charge in [-0.25, -0.2) is 0 Å². The van der Waals surface area contributed by atoms with Crippen molar-refractivity contribution in [3.8, 4) is 0 Å². The quantitative estimate of drug-likeness (QED) is 0.632. The van der Waals surface area contributed by atoms with Gasteiger partial charge >= 0.3 is 0 Å². The first-order valence-corrected chi connectivity index (χ1v) is 6.47. The second kappa shape index (κ2) is 4.64. The normalized spacial score (nSPS) is 20.2. The summed E-state index contributed by atoms with van der Waals surface area (Å²) < 4.78 is 0. The summed E-state index contributed by atoms with van der Waals surface area (Å²) in [5, 5.41) is 1.21. The van der Waals surface area contributed by atoms with E-state index < -0.39 is 0 Å². The van der Waals surface area contributed by atoms with Crippen LogP contribution in [0.4, 0.5) is 0 Å². The van der Waals surface area contributed by atoms with Gasteiger partial charge in [0.25, 0.3) is 0 Å². The number of hydrogen-bond acceptors (Lipinski definition) is 0. The number of alkyl halides is 1. The summed E-state index contributed by atoms with van der Waals surface area (Å²) in [5.74, 6) is 1.01. The Bertz CT molecular complexity index is 113. The first-order chi connectivity index (χ1) is 5.79. The number of halogens is 1. The highest BCUT2D eigenvalue weighted by Gasteiger charge is 2.35. The molecule has 1 aliphatic carbocycles. The highest BCUT2D eigenvalue weighted by molar-refractivity contribution is 9.09. The van der Waals surface area contributed by atoms with E-state index in [4.69, 9.17) is 0 Å². The van der Waals surface area contributed by atoms with Gasteiger partial charge in [0.05, 0.1) is 0 Å². The Balaban J connectivity index is 2.61. The molecule has 0 aromatic carbocycles. The molecule has 0 nitrogen and oxygen atoms in total. The van der Waals surface area contributed by atoms with Gasteiger partial charge in [-0.2, -0.15) is 0 Å². The van der Waals surface area contributed by atoms with Gasteiger partial charge in [-0.1, -0.05) is 42.6 Å². The third-order valence-corrected chi connectivity index (χ3v) is 5.01. The van der Waals surface area contributed by atoms with Crippen molar-refractivity contribution in [2.45, 2.75) is 52.4 Å². The molecule has 0 aliphatic heterocycles. The van der Waals surface area contributed by atoms with Crippen molar-refractivity contribution in [1.82, 2.24) is 0 Å². The topological polar surface area (TPSA) is 0 Å². The van der Waals surface area contributed by atoms with E-state index in [-0.39, 0.29) is 0 Å². The van der Waals surface area contributed by atoms with Crippen LogP contribution in [0.25, 0.3) is 0 Å². The summed E-state index contributed by atoms with van der Waals surface area (Å²) in [4.78, 5) is 0. The predicted octanol–water partition coefficient (Wildman–Crippen LogP) is 4.38. The minimum atomic E-state index is 0.622. The van der Waals surface area contributed by atoms with Crippen LogP contribution in [0.3, 0.4) is 0 Å². The van der Waals surface area contributed by atoms with E-state index in [0.717, 1.165) is 5.92 Å². The molecule has 72 valence electrons. The lowest BCUT2D eigenvalue weighted by molar-refractivity contribution is 0.181. The Hall–Kier alpha value is 0.480. The number of hydrogen-bond donors (Lipinski definition) is 0. The molecule has 12 heavy (non-hydrogen) atoms. The van der Waals surface area contributed by atoms with Gasteiger partial charge in [0.1, 0.15) is 0 Å². The van der Waals surface area contributed by atoms with E-state index in [0.29, 0.717) is 5.41 Å². The van der Waals surface area contributed by atoms with Crippen molar-refractivity contribution < 1.29 is 0 Å². The highest BCUT2D eigenvalue weighted by Crippen LogP contribution is 2.45. The standard InChI is InChI=1S/C11H21Br/c1-3-11(4-2,9-12)10-7-5-6-8-10/h10H,3-9H2,1-2H3. The molecule has 0 aromatic heterocycles. The molecule has 1 fully saturated rings. The van der Waals surface area contributed by atoms with E-state index in [1.54, 1.807) is 0 Å². The van der Waals surface area contributed by atoms with E-state index in [1.807, 2.05) is 0 Å². The Morgan fingerprint density at radius 1 is 1.17 bits per heavy atom. The Kier molecular flexibility index (Phi) is 4.09. The summed E-state index contributed by atoms with van der Waals surface area (Å²) >= 11 is 3.70. The van der Waals surface area contributed by atoms with Gasteiger partial charge in [-0.05, 0) is 37.0 Å². The number of rotatable bonds is 4. The molecule has 1 rings (SSSR count). The van der Waals surface area contributed by atoms with Gasteiger partial charge in [0.15, 0.2) is 0 Å². The largest absolute Gasteiger partial charge is 0.0922 e.